The average molecular weight is 295 g/mol. The molecule has 0 unspecified atom stereocenters. The number of halogens is 1. The summed E-state index contributed by atoms with van der Waals surface area (Å²) in [4.78, 5) is 0. The lowest BCUT2D eigenvalue weighted by molar-refractivity contribution is 0.588. The van der Waals surface area contributed by atoms with Crippen molar-refractivity contribution in [2.45, 2.75) is 26.7 Å². The number of rotatable bonds is 3. The smallest absolute Gasteiger partial charge is 0.236 e. The van der Waals surface area contributed by atoms with E-state index in [1.54, 1.807) is 19.1 Å². The minimum Gasteiger partial charge on any atom is -0.246 e. The third kappa shape index (κ3) is 2.63. The lowest BCUT2D eigenvalue weighted by atomic mass is 10.0. The molecular weight excluding hydrogens is 277 g/mol. The second-order valence-electron chi connectivity index (χ2n) is 5.26. The van der Waals surface area contributed by atoms with Crippen molar-refractivity contribution >= 4 is 10.0 Å². The maximum Gasteiger partial charge on any atom is 0.236 e. The summed E-state index contributed by atoms with van der Waals surface area (Å²) in [5, 5.41) is 0. The van der Waals surface area contributed by atoms with E-state index in [9.17, 15) is 12.8 Å². The van der Waals surface area contributed by atoms with Crippen molar-refractivity contribution in [1.82, 2.24) is 3.97 Å². The van der Waals surface area contributed by atoms with Gasteiger partial charge in [-0.25, -0.2) is 16.8 Å². The van der Waals surface area contributed by atoms with Gasteiger partial charge >= 0.3 is 0 Å². The first-order chi connectivity index (χ1) is 9.21. The second-order valence-corrected chi connectivity index (χ2v) is 7.09. The monoisotopic (exact) mass is 295 g/mol. The highest BCUT2D eigenvalue weighted by atomic mass is 32.2. The Morgan fingerprint density at radius 3 is 2.10 bits per heavy atom. The summed E-state index contributed by atoms with van der Waals surface area (Å²) in [7, 11) is -3.36. The molecule has 0 spiro atoms. The van der Waals surface area contributed by atoms with Crippen molar-refractivity contribution in [1.29, 1.82) is 0 Å². The average Bonchev–Trinajstić information content (AvgIpc) is 2.68. The Hall–Kier alpha value is -1.62. The van der Waals surface area contributed by atoms with Crippen LogP contribution in [-0.4, -0.2) is 18.6 Å². The van der Waals surface area contributed by atoms with Crippen LogP contribution in [0.4, 0.5) is 4.39 Å². The van der Waals surface area contributed by atoms with Gasteiger partial charge in [0.25, 0.3) is 0 Å². The van der Waals surface area contributed by atoms with E-state index < -0.39 is 10.0 Å². The molecule has 0 saturated carbocycles. The van der Waals surface area contributed by atoms with Crippen LogP contribution in [0.5, 0.6) is 0 Å². The number of nitrogens with zero attached hydrogens (tertiary/aromatic N) is 1. The molecule has 3 nitrogen and oxygen atoms in total. The van der Waals surface area contributed by atoms with Crippen molar-refractivity contribution in [3.8, 4) is 11.1 Å². The van der Waals surface area contributed by atoms with Gasteiger partial charge in [-0.05, 0) is 36.6 Å². The van der Waals surface area contributed by atoms with E-state index in [1.807, 2.05) is 19.9 Å². The van der Waals surface area contributed by atoms with Gasteiger partial charge in [0.15, 0.2) is 0 Å². The van der Waals surface area contributed by atoms with Gasteiger partial charge in [-0.15, -0.1) is 0 Å². The molecule has 0 aliphatic carbocycles. The van der Waals surface area contributed by atoms with Gasteiger partial charge in [-0.1, -0.05) is 26.0 Å². The number of benzene rings is 1. The van der Waals surface area contributed by atoms with Crippen LogP contribution in [0.1, 0.15) is 31.2 Å². The fourth-order valence-corrected chi connectivity index (χ4v) is 3.62. The van der Waals surface area contributed by atoms with Crippen LogP contribution >= 0.6 is 0 Å². The van der Waals surface area contributed by atoms with Gasteiger partial charge in [-0.2, -0.15) is 0 Å². The fraction of sp³-hybridized carbons (Fsp3) is 0.333. The van der Waals surface area contributed by atoms with Gasteiger partial charge in [-0.3, -0.25) is 0 Å². The third-order valence-electron chi connectivity index (χ3n) is 3.30. The van der Waals surface area contributed by atoms with Crippen molar-refractivity contribution < 1.29 is 12.8 Å². The molecule has 0 saturated heterocycles. The molecule has 5 heteroatoms. The minimum atomic E-state index is -3.36. The normalized spacial score (nSPS) is 12.1. The SMILES string of the molecule is Cc1c(-c2ccc(F)cc2)cc(C(C)C)n1S(C)(=O)=O. The topological polar surface area (TPSA) is 39.1 Å². The summed E-state index contributed by atoms with van der Waals surface area (Å²) in [5.74, 6) is -0.226. The number of hydrogen-bond donors (Lipinski definition) is 0. The fourth-order valence-electron chi connectivity index (χ4n) is 2.38. The Labute approximate surface area is 119 Å². The Balaban J connectivity index is 2.71. The predicted molar refractivity (Wildman–Crippen MR) is 78.9 cm³/mol. The van der Waals surface area contributed by atoms with E-state index in [-0.39, 0.29) is 11.7 Å². The summed E-state index contributed by atoms with van der Waals surface area (Å²) in [5.41, 5.74) is 3.03. The summed E-state index contributed by atoms with van der Waals surface area (Å²) < 4.78 is 38.3. The summed E-state index contributed by atoms with van der Waals surface area (Å²) in [6.07, 6.45) is 1.19. The zero-order valence-electron chi connectivity index (χ0n) is 12.0. The van der Waals surface area contributed by atoms with Crippen LogP contribution < -0.4 is 0 Å². The summed E-state index contributed by atoms with van der Waals surface area (Å²) in [6.45, 7) is 5.67. The van der Waals surface area contributed by atoms with Gasteiger partial charge in [0.2, 0.25) is 10.0 Å². The highest BCUT2D eigenvalue weighted by Crippen LogP contribution is 2.31. The molecule has 0 atom stereocenters. The van der Waals surface area contributed by atoms with E-state index >= 15 is 0 Å². The Kier molecular flexibility index (Phi) is 3.73. The van der Waals surface area contributed by atoms with Crippen LogP contribution in [0.3, 0.4) is 0 Å². The molecule has 2 aromatic rings. The van der Waals surface area contributed by atoms with E-state index in [0.717, 1.165) is 16.8 Å². The molecular formula is C15H18FNO2S. The third-order valence-corrected chi connectivity index (χ3v) is 4.45. The zero-order valence-corrected chi connectivity index (χ0v) is 12.8. The minimum absolute atomic E-state index is 0.0811. The molecule has 1 heterocycles. The van der Waals surface area contributed by atoms with Crippen LogP contribution in [0.15, 0.2) is 30.3 Å². The Bertz CT molecular complexity index is 728. The number of aromatic nitrogens is 1. The van der Waals surface area contributed by atoms with Gasteiger partial charge in [0.05, 0.1) is 6.26 Å². The first-order valence-corrected chi connectivity index (χ1v) is 8.25. The van der Waals surface area contributed by atoms with E-state index in [1.165, 1.54) is 22.4 Å². The maximum absolute atomic E-state index is 13.0. The first-order valence-electron chi connectivity index (χ1n) is 6.40. The largest absolute Gasteiger partial charge is 0.246 e. The van der Waals surface area contributed by atoms with Crippen molar-refractivity contribution in [2.75, 3.05) is 6.26 Å². The number of hydrogen-bond acceptors (Lipinski definition) is 2. The second kappa shape index (κ2) is 5.05. The standard InChI is InChI=1S/C15H18FNO2S/c1-10(2)15-9-14(11(3)17(15)20(4,18)19)12-5-7-13(16)8-6-12/h5-10H,1-4H3. The quantitative estimate of drug-likeness (QED) is 0.869. The van der Waals surface area contributed by atoms with Gasteiger partial charge < -0.3 is 0 Å². The molecule has 108 valence electrons. The van der Waals surface area contributed by atoms with E-state index in [2.05, 4.69) is 0 Å². The Morgan fingerprint density at radius 1 is 1.15 bits per heavy atom. The molecule has 0 N–H and O–H groups in total. The molecule has 0 bridgehead atoms. The molecule has 0 fully saturated rings. The van der Waals surface area contributed by atoms with Gasteiger partial charge in [0, 0.05) is 17.0 Å². The zero-order chi connectivity index (χ0) is 15.1. The molecule has 1 aromatic carbocycles. The van der Waals surface area contributed by atoms with E-state index in [4.69, 9.17) is 0 Å². The lowest BCUT2D eigenvalue weighted by Gasteiger charge is -2.11. The molecule has 0 aliphatic heterocycles. The highest BCUT2D eigenvalue weighted by Gasteiger charge is 2.21. The molecule has 0 amide bonds. The predicted octanol–water partition coefficient (Wildman–Crippen LogP) is 3.53. The van der Waals surface area contributed by atoms with Crippen LogP contribution in [-0.2, 0) is 10.0 Å². The first kappa shape index (κ1) is 14.8. The van der Waals surface area contributed by atoms with Crippen LogP contribution in [0, 0.1) is 12.7 Å². The van der Waals surface area contributed by atoms with E-state index in [0.29, 0.717) is 5.69 Å². The summed E-state index contributed by atoms with van der Waals surface area (Å²) >= 11 is 0. The van der Waals surface area contributed by atoms with Crippen molar-refractivity contribution in [2.24, 2.45) is 0 Å². The van der Waals surface area contributed by atoms with Crippen LogP contribution in [0.2, 0.25) is 0 Å². The molecule has 20 heavy (non-hydrogen) atoms. The molecule has 1 aromatic heterocycles. The molecule has 2 rings (SSSR count). The Morgan fingerprint density at radius 2 is 1.70 bits per heavy atom. The molecule has 0 radical (unpaired) electrons. The highest BCUT2D eigenvalue weighted by molar-refractivity contribution is 7.89. The lowest BCUT2D eigenvalue weighted by Crippen LogP contribution is -2.15. The van der Waals surface area contributed by atoms with Crippen LogP contribution in [0.25, 0.3) is 11.1 Å². The van der Waals surface area contributed by atoms with Gasteiger partial charge in [0.1, 0.15) is 5.82 Å². The molecule has 0 aliphatic rings. The van der Waals surface area contributed by atoms with Crippen molar-refractivity contribution in [3.63, 3.8) is 0 Å². The summed E-state index contributed by atoms with van der Waals surface area (Å²) in [6, 6.07) is 7.94. The maximum atomic E-state index is 13.0. The van der Waals surface area contributed by atoms with Crippen molar-refractivity contribution in [3.05, 3.63) is 47.5 Å².